The van der Waals surface area contributed by atoms with Crippen molar-refractivity contribution >= 4 is 11.6 Å². The van der Waals surface area contributed by atoms with Gasteiger partial charge in [0, 0.05) is 6.20 Å². The number of benzene rings is 1. The highest BCUT2D eigenvalue weighted by Gasteiger charge is 2.13. The number of hydrogen-bond acceptors (Lipinski definition) is 3. The zero-order chi connectivity index (χ0) is 13.8. The van der Waals surface area contributed by atoms with Gasteiger partial charge in [0.2, 0.25) is 0 Å². The predicted octanol–water partition coefficient (Wildman–Crippen LogP) is 2.93. The SMILES string of the molecule is Cc1ccc(F)cc1CC(NN)c1ccc(Cl)nc1. The molecule has 1 aromatic heterocycles. The lowest BCUT2D eigenvalue weighted by molar-refractivity contribution is 0.545. The molecule has 0 aliphatic carbocycles. The molecular weight excluding hydrogens is 265 g/mol. The highest BCUT2D eigenvalue weighted by molar-refractivity contribution is 6.29. The normalized spacial score (nSPS) is 12.4. The minimum Gasteiger partial charge on any atom is -0.271 e. The Morgan fingerprint density at radius 3 is 2.79 bits per heavy atom. The van der Waals surface area contributed by atoms with Crippen LogP contribution in [0.1, 0.15) is 22.7 Å². The molecule has 3 N–H and O–H groups in total. The van der Waals surface area contributed by atoms with Gasteiger partial charge in [-0.2, -0.15) is 0 Å². The maximum atomic E-state index is 13.3. The van der Waals surface area contributed by atoms with Crippen LogP contribution in [0, 0.1) is 12.7 Å². The number of pyridine rings is 1. The second-order valence-corrected chi connectivity index (χ2v) is 4.80. The van der Waals surface area contributed by atoms with Gasteiger partial charge in [-0.05, 0) is 48.2 Å². The van der Waals surface area contributed by atoms with E-state index in [9.17, 15) is 4.39 Å². The van der Waals surface area contributed by atoms with E-state index >= 15 is 0 Å². The summed E-state index contributed by atoms with van der Waals surface area (Å²) in [5.74, 6) is 5.33. The molecule has 0 bridgehead atoms. The van der Waals surface area contributed by atoms with E-state index < -0.39 is 0 Å². The van der Waals surface area contributed by atoms with Gasteiger partial charge in [-0.15, -0.1) is 0 Å². The zero-order valence-electron chi connectivity index (χ0n) is 10.5. The predicted molar refractivity (Wildman–Crippen MR) is 74.2 cm³/mol. The van der Waals surface area contributed by atoms with Gasteiger partial charge >= 0.3 is 0 Å². The Labute approximate surface area is 116 Å². The lowest BCUT2D eigenvalue weighted by atomic mass is 9.97. The Bertz CT molecular complexity index is 557. The average molecular weight is 280 g/mol. The zero-order valence-corrected chi connectivity index (χ0v) is 11.3. The first kappa shape index (κ1) is 13.9. The molecule has 0 aliphatic heterocycles. The summed E-state index contributed by atoms with van der Waals surface area (Å²) in [7, 11) is 0. The Hall–Kier alpha value is -1.49. The van der Waals surface area contributed by atoms with Crippen molar-refractivity contribution in [3.8, 4) is 0 Å². The van der Waals surface area contributed by atoms with Crippen LogP contribution in [-0.4, -0.2) is 4.98 Å². The number of nitrogens with one attached hydrogen (secondary N) is 1. The number of nitrogens with zero attached hydrogens (tertiary/aromatic N) is 1. The molecule has 0 aliphatic rings. The van der Waals surface area contributed by atoms with Crippen LogP contribution >= 0.6 is 11.6 Å². The molecule has 5 heteroatoms. The molecule has 100 valence electrons. The van der Waals surface area contributed by atoms with Crippen molar-refractivity contribution in [3.63, 3.8) is 0 Å². The maximum Gasteiger partial charge on any atom is 0.129 e. The van der Waals surface area contributed by atoms with Crippen molar-refractivity contribution in [3.05, 3.63) is 64.2 Å². The summed E-state index contributed by atoms with van der Waals surface area (Å²) < 4.78 is 13.3. The Balaban J connectivity index is 2.23. The highest BCUT2D eigenvalue weighted by Crippen LogP contribution is 2.21. The molecular formula is C14H15ClFN3. The smallest absolute Gasteiger partial charge is 0.129 e. The number of aromatic nitrogens is 1. The van der Waals surface area contributed by atoms with E-state index in [1.165, 1.54) is 12.1 Å². The van der Waals surface area contributed by atoms with Crippen LogP contribution < -0.4 is 11.3 Å². The molecule has 0 radical (unpaired) electrons. The van der Waals surface area contributed by atoms with Crippen LogP contribution in [0.15, 0.2) is 36.5 Å². The van der Waals surface area contributed by atoms with Crippen LogP contribution in [0.4, 0.5) is 4.39 Å². The van der Waals surface area contributed by atoms with Crippen molar-refractivity contribution in [1.29, 1.82) is 0 Å². The van der Waals surface area contributed by atoms with Crippen LogP contribution in [0.5, 0.6) is 0 Å². The number of aryl methyl sites for hydroxylation is 1. The van der Waals surface area contributed by atoms with Gasteiger partial charge < -0.3 is 0 Å². The Morgan fingerprint density at radius 1 is 1.37 bits per heavy atom. The monoisotopic (exact) mass is 279 g/mol. The summed E-state index contributed by atoms with van der Waals surface area (Å²) in [4.78, 5) is 4.03. The first-order chi connectivity index (χ1) is 9.10. The van der Waals surface area contributed by atoms with E-state index in [-0.39, 0.29) is 11.9 Å². The number of rotatable bonds is 4. The minimum absolute atomic E-state index is 0.134. The molecule has 19 heavy (non-hydrogen) atoms. The van der Waals surface area contributed by atoms with E-state index in [0.717, 1.165) is 16.7 Å². The molecule has 0 saturated heterocycles. The molecule has 0 saturated carbocycles. The number of halogens is 2. The van der Waals surface area contributed by atoms with Crippen LogP contribution in [0.3, 0.4) is 0 Å². The molecule has 1 unspecified atom stereocenters. The first-order valence-corrected chi connectivity index (χ1v) is 6.30. The molecule has 2 aromatic rings. The fourth-order valence-electron chi connectivity index (χ4n) is 1.95. The van der Waals surface area contributed by atoms with E-state index in [2.05, 4.69) is 10.4 Å². The molecule has 3 nitrogen and oxygen atoms in total. The molecule has 1 heterocycles. The molecule has 0 spiro atoms. The third-order valence-electron chi connectivity index (χ3n) is 3.09. The van der Waals surface area contributed by atoms with Gasteiger partial charge in [0.1, 0.15) is 11.0 Å². The van der Waals surface area contributed by atoms with Crippen molar-refractivity contribution in [2.75, 3.05) is 0 Å². The van der Waals surface area contributed by atoms with Gasteiger partial charge in [-0.25, -0.2) is 9.37 Å². The largest absolute Gasteiger partial charge is 0.271 e. The van der Waals surface area contributed by atoms with Crippen molar-refractivity contribution in [2.24, 2.45) is 5.84 Å². The van der Waals surface area contributed by atoms with Crippen molar-refractivity contribution in [2.45, 2.75) is 19.4 Å². The second kappa shape index (κ2) is 6.10. The summed E-state index contributed by atoms with van der Waals surface area (Å²) >= 11 is 5.75. The fraction of sp³-hybridized carbons (Fsp3) is 0.214. The van der Waals surface area contributed by atoms with E-state index in [1.807, 2.05) is 13.0 Å². The number of nitrogens with two attached hydrogens (primary N) is 1. The van der Waals surface area contributed by atoms with E-state index in [1.54, 1.807) is 18.3 Å². The van der Waals surface area contributed by atoms with Crippen LogP contribution in [-0.2, 0) is 6.42 Å². The molecule has 0 amide bonds. The Kier molecular flexibility index (Phi) is 4.47. The van der Waals surface area contributed by atoms with Gasteiger partial charge in [0.05, 0.1) is 6.04 Å². The molecule has 2 rings (SSSR count). The van der Waals surface area contributed by atoms with E-state index in [4.69, 9.17) is 17.4 Å². The average Bonchev–Trinajstić information content (AvgIpc) is 2.41. The summed E-state index contributed by atoms with van der Waals surface area (Å²) in [6.45, 7) is 1.95. The topological polar surface area (TPSA) is 50.9 Å². The maximum absolute atomic E-state index is 13.3. The van der Waals surface area contributed by atoms with Gasteiger partial charge in [-0.1, -0.05) is 23.7 Å². The third kappa shape index (κ3) is 3.50. The Morgan fingerprint density at radius 2 is 2.16 bits per heavy atom. The highest BCUT2D eigenvalue weighted by atomic mass is 35.5. The quantitative estimate of drug-likeness (QED) is 0.514. The van der Waals surface area contributed by atoms with Crippen molar-refractivity contribution in [1.82, 2.24) is 10.4 Å². The van der Waals surface area contributed by atoms with E-state index in [0.29, 0.717) is 11.6 Å². The molecule has 0 fully saturated rings. The van der Waals surface area contributed by atoms with Crippen LogP contribution in [0.25, 0.3) is 0 Å². The van der Waals surface area contributed by atoms with Gasteiger partial charge in [0.25, 0.3) is 0 Å². The molecule has 1 aromatic carbocycles. The third-order valence-corrected chi connectivity index (χ3v) is 3.31. The number of hydrazine groups is 1. The van der Waals surface area contributed by atoms with Gasteiger partial charge in [0.15, 0.2) is 0 Å². The fourth-order valence-corrected chi connectivity index (χ4v) is 2.06. The summed E-state index contributed by atoms with van der Waals surface area (Å²) in [5.41, 5.74) is 5.59. The summed E-state index contributed by atoms with van der Waals surface area (Å²) in [6, 6.07) is 8.17. The standard InChI is InChI=1S/C14H15ClFN3/c1-9-2-4-12(16)6-11(9)7-13(19-17)10-3-5-14(15)18-8-10/h2-6,8,13,19H,7,17H2,1H3. The molecule has 1 atom stereocenters. The number of hydrogen-bond donors (Lipinski definition) is 2. The lowest BCUT2D eigenvalue weighted by Crippen LogP contribution is -2.29. The first-order valence-electron chi connectivity index (χ1n) is 5.92. The van der Waals surface area contributed by atoms with Gasteiger partial charge in [-0.3, -0.25) is 11.3 Å². The lowest BCUT2D eigenvalue weighted by Gasteiger charge is -2.17. The summed E-state index contributed by atoms with van der Waals surface area (Å²) in [6.07, 6.45) is 2.25. The summed E-state index contributed by atoms with van der Waals surface area (Å²) in [5, 5.41) is 0.432. The minimum atomic E-state index is -0.245. The van der Waals surface area contributed by atoms with Crippen molar-refractivity contribution < 1.29 is 4.39 Å². The second-order valence-electron chi connectivity index (χ2n) is 4.41. The van der Waals surface area contributed by atoms with Crippen LogP contribution in [0.2, 0.25) is 5.15 Å².